The van der Waals surface area contributed by atoms with Crippen LogP contribution in [0.2, 0.25) is 0 Å². The Kier molecular flexibility index (Phi) is 3.47. The van der Waals surface area contributed by atoms with Crippen LogP contribution in [0.3, 0.4) is 0 Å². The average Bonchev–Trinajstić information content (AvgIpc) is 2.35. The molecule has 0 aromatic heterocycles. The summed E-state index contributed by atoms with van der Waals surface area (Å²) in [4.78, 5) is 12.2. The summed E-state index contributed by atoms with van der Waals surface area (Å²) in [5.41, 5.74) is 3.47. The molecular weight excluding hydrogens is 224 g/mol. The second kappa shape index (κ2) is 5.05. The highest BCUT2D eigenvalue weighted by Gasteiger charge is 2.12. The van der Waals surface area contributed by atoms with Gasteiger partial charge in [-0.05, 0) is 37.1 Å². The lowest BCUT2D eigenvalue weighted by Crippen LogP contribution is -2.05. The molecule has 0 atom stereocenters. The van der Waals surface area contributed by atoms with Crippen molar-refractivity contribution in [3.8, 4) is 5.75 Å². The van der Waals surface area contributed by atoms with Crippen LogP contribution in [-0.4, -0.2) is 10.9 Å². The van der Waals surface area contributed by atoms with Crippen molar-refractivity contribution in [2.45, 2.75) is 20.3 Å². The molecule has 0 heterocycles. The lowest BCUT2D eigenvalue weighted by molar-refractivity contribution is 0.0990. The summed E-state index contributed by atoms with van der Waals surface area (Å²) in [6.07, 6.45) is 0.323. The summed E-state index contributed by atoms with van der Waals surface area (Å²) in [6.45, 7) is 3.89. The zero-order valence-corrected chi connectivity index (χ0v) is 10.6. The molecule has 0 spiro atoms. The van der Waals surface area contributed by atoms with Crippen LogP contribution >= 0.6 is 0 Å². The van der Waals surface area contributed by atoms with Gasteiger partial charge in [-0.2, -0.15) is 0 Å². The van der Waals surface area contributed by atoms with E-state index in [0.717, 1.165) is 16.7 Å². The van der Waals surface area contributed by atoms with Gasteiger partial charge >= 0.3 is 0 Å². The number of carbonyl (C=O) groups is 1. The number of rotatable bonds is 3. The first kappa shape index (κ1) is 12.4. The first-order valence-corrected chi connectivity index (χ1v) is 5.95. The maximum absolute atomic E-state index is 12.2. The molecule has 2 heteroatoms. The number of carbonyl (C=O) groups excluding carboxylic acids is 1. The standard InChI is InChI=1S/C16H16O2/c1-11-7-8-15(17)14(9-11)16(18)10-13-6-4-3-5-12(13)2/h3-9,17H,10H2,1-2H3. The van der Waals surface area contributed by atoms with E-state index >= 15 is 0 Å². The number of benzene rings is 2. The minimum Gasteiger partial charge on any atom is -0.507 e. The first-order chi connectivity index (χ1) is 8.58. The van der Waals surface area contributed by atoms with Gasteiger partial charge in [0, 0.05) is 6.42 Å². The molecule has 0 aliphatic heterocycles. The number of phenolic OH excluding ortho intramolecular Hbond substituents is 1. The molecule has 18 heavy (non-hydrogen) atoms. The van der Waals surface area contributed by atoms with Crippen LogP contribution in [-0.2, 0) is 6.42 Å². The molecule has 0 bridgehead atoms. The molecule has 0 amide bonds. The number of aryl methyl sites for hydroxylation is 2. The summed E-state index contributed by atoms with van der Waals surface area (Å²) in [5.74, 6) is 0.00434. The smallest absolute Gasteiger partial charge is 0.170 e. The Bertz CT molecular complexity index is 585. The number of aromatic hydroxyl groups is 1. The van der Waals surface area contributed by atoms with Crippen LogP contribution in [0.5, 0.6) is 5.75 Å². The van der Waals surface area contributed by atoms with E-state index in [1.165, 1.54) is 0 Å². The molecule has 0 saturated carbocycles. The van der Waals surface area contributed by atoms with Crippen molar-refractivity contribution in [1.29, 1.82) is 0 Å². The van der Waals surface area contributed by atoms with Gasteiger partial charge < -0.3 is 5.11 Å². The van der Waals surface area contributed by atoms with Gasteiger partial charge in [0.05, 0.1) is 5.56 Å². The minimum atomic E-state index is -0.0505. The topological polar surface area (TPSA) is 37.3 Å². The monoisotopic (exact) mass is 240 g/mol. The largest absolute Gasteiger partial charge is 0.507 e. The molecule has 0 aliphatic rings. The molecule has 0 fully saturated rings. The molecule has 2 rings (SSSR count). The second-order valence-electron chi connectivity index (χ2n) is 4.55. The molecule has 1 N–H and O–H groups in total. The number of phenols is 1. The van der Waals surface area contributed by atoms with E-state index in [2.05, 4.69) is 0 Å². The first-order valence-electron chi connectivity index (χ1n) is 5.95. The highest BCUT2D eigenvalue weighted by atomic mass is 16.3. The maximum atomic E-state index is 12.2. The van der Waals surface area contributed by atoms with Crippen LogP contribution < -0.4 is 0 Å². The summed E-state index contributed by atoms with van der Waals surface area (Å²) in [5, 5.41) is 9.73. The zero-order chi connectivity index (χ0) is 13.1. The van der Waals surface area contributed by atoms with Crippen molar-refractivity contribution in [3.05, 3.63) is 64.7 Å². The van der Waals surface area contributed by atoms with Gasteiger partial charge in [0.25, 0.3) is 0 Å². The van der Waals surface area contributed by atoms with E-state index in [1.807, 2.05) is 38.1 Å². The molecule has 92 valence electrons. The summed E-state index contributed by atoms with van der Waals surface area (Å²) in [7, 11) is 0. The number of hydrogen-bond donors (Lipinski definition) is 1. The predicted molar refractivity (Wildman–Crippen MR) is 72.1 cm³/mol. The van der Waals surface area contributed by atoms with E-state index in [9.17, 15) is 9.90 Å². The molecule has 2 aromatic rings. The highest BCUT2D eigenvalue weighted by molar-refractivity contribution is 6.00. The normalized spacial score (nSPS) is 10.3. The van der Waals surface area contributed by atoms with Crippen molar-refractivity contribution in [2.75, 3.05) is 0 Å². The van der Waals surface area contributed by atoms with Gasteiger partial charge in [-0.1, -0.05) is 35.9 Å². The molecule has 0 saturated heterocycles. The van der Waals surface area contributed by atoms with E-state index in [1.54, 1.807) is 18.2 Å². The second-order valence-corrected chi connectivity index (χ2v) is 4.55. The predicted octanol–water partition coefficient (Wildman–Crippen LogP) is 3.43. The van der Waals surface area contributed by atoms with E-state index in [0.29, 0.717) is 12.0 Å². The fraction of sp³-hybridized carbons (Fsp3) is 0.188. The van der Waals surface area contributed by atoms with Gasteiger partial charge in [-0.15, -0.1) is 0 Å². The summed E-state index contributed by atoms with van der Waals surface area (Å²) < 4.78 is 0. The van der Waals surface area contributed by atoms with Gasteiger partial charge in [0.1, 0.15) is 5.75 Å². The van der Waals surface area contributed by atoms with Gasteiger partial charge in [0.15, 0.2) is 5.78 Å². The molecule has 0 aliphatic carbocycles. The lowest BCUT2D eigenvalue weighted by atomic mass is 9.98. The van der Waals surface area contributed by atoms with Crippen LogP contribution in [0.15, 0.2) is 42.5 Å². The van der Waals surface area contributed by atoms with Crippen LogP contribution in [0, 0.1) is 13.8 Å². The third kappa shape index (κ3) is 2.59. The average molecular weight is 240 g/mol. The van der Waals surface area contributed by atoms with Crippen LogP contribution in [0.4, 0.5) is 0 Å². The number of ketones is 1. The Morgan fingerprint density at radius 3 is 2.56 bits per heavy atom. The van der Waals surface area contributed by atoms with Crippen molar-refractivity contribution >= 4 is 5.78 Å². The third-order valence-electron chi connectivity index (χ3n) is 3.06. The fourth-order valence-electron chi connectivity index (χ4n) is 1.95. The van der Waals surface area contributed by atoms with E-state index < -0.39 is 0 Å². The molecule has 2 aromatic carbocycles. The van der Waals surface area contributed by atoms with E-state index in [4.69, 9.17) is 0 Å². The van der Waals surface area contributed by atoms with Crippen LogP contribution in [0.25, 0.3) is 0 Å². The summed E-state index contributed by atoms with van der Waals surface area (Å²) >= 11 is 0. The quantitative estimate of drug-likeness (QED) is 0.834. The fourth-order valence-corrected chi connectivity index (χ4v) is 1.95. The van der Waals surface area contributed by atoms with Crippen molar-refractivity contribution in [2.24, 2.45) is 0 Å². The Hall–Kier alpha value is -2.09. The van der Waals surface area contributed by atoms with Crippen molar-refractivity contribution < 1.29 is 9.90 Å². The van der Waals surface area contributed by atoms with Crippen molar-refractivity contribution in [3.63, 3.8) is 0 Å². The van der Waals surface area contributed by atoms with Gasteiger partial charge in [0.2, 0.25) is 0 Å². The Labute approximate surface area is 107 Å². The summed E-state index contributed by atoms with van der Waals surface area (Å²) in [6, 6.07) is 12.9. The number of hydrogen-bond acceptors (Lipinski definition) is 2. The van der Waals surface area contributed by atoms with Crippen molar-refractivity contribution in [1.82, 2.24) is 0 Å². The molecule has 2 nitrogen and oxygen atoms in total. The Balaban J connectivity index is 2.28. The lowest BCUT2D eigenvalue weighted by Gasteiger charge is -2.07. The Morgan fingerprint density at radius 2 is 1.83 bits per heavy atom. The SMILES string of the molecule is Cc1ccc(O)c(C(=O)Cc2ccccc2C)c1. The third-order valence-corrected chi connectivity index (χ3v) is 3.06. The number of Topliss-reactive ketones (excluding diaryl/α,β-unsaturated/α-hetero) is 1. The molecule has 0 unspecified atom stereocenters. The van der Waals surface area contributed by atoms with E-state index in [-0.39, 0.29) is 11.5 Å². The molecular formula is C16H16O2. The maximum Gasteiger partial charge on any atom is 0.170 e. The van der Waals surface area contributed by atoms with Gasteiger partial charge in [-0.25, -0.2) is 0 Å². The van der Waals surface area contributed by atoms with Crippen LogP contribution in [0.1, 0.15) is 27.0 Å². The minimum absolute atomic E-state index is 0.0505. The van der Waals surface area contributed by atoms with Gasteiger partial charge in [-0.3, -0.25) is 4.79 Å². The zero-order valence-electron chi connectivity index (χ0n) is 10.6. The Morgan fingerprint density at radius 1 is 1.11 bits per heavy atom. The molecule has 0 radical (unpaired) electrons. The highest BCUT2D eigenvalue weighted by Crippen LogP contribution is 2.21.